The van der Waals surface area contributed by atoms with E-state index in [0.717, 1.165) is 6.26 Å². The lowest BCUT2D eigenvalue weighted by Gasteiger charge is -2.32. The Hall–Kier alpha value is -2.61. The highest BCUT2D eigenvalue weighted by atomic mass is 35.5. The minimum Gasteiger partial charge on any atom is -0.365 e. The van der Waals surface area contributed by atoms with Crippen LogP contribution in [-0.2, 0) is 10.0 Å². The van der Waals surface area contributed by atoms with Crippen molar-refractivity contribution in [2.24, 2.45) is 11.7 Å². The molecule has 4 N–H and O–H groups in total. The Morgan fingerprint density at radius 3 is 2.62 bits per heavy atom. The summed E-state index contributed by atoms with van der Waals surface area (Å²) in [5, 5.41) is 17.7. The maximum atomic E-state index is 11.9. The summed E-state index contributed by atoms with van der Waals surface area (Å²) >= 11 is 5.89. The van der Waals surface area contributed by atoms with Crippen molar-refractivity contribution in [1.82, 2.24) is 14.5 Å². The molecule has 0 bridgehead atoms. The van der Waals surface area contributed by atoms with Gasteiger partial charge in [-0.1, -0.05) is 11.6 Å². The molecule has 29 heavy (non-hydrogen) atoms. The van der Waals surface area contributed by atoms with Crippen molar-refractivity contribution in [2.75, 3.05) is 11.6 Å². The Labute approximate surface area is 173 Å². The largest absolute Gasteiger partial charge is 0.365 e. The van der Waals surface area contributed by atoms with Gasteiger partial charge in [0.15, 0.2) is 5.82 Å². The molecular formula is C18H21ClN6O3S. The highest BCUT2D eigenvalue weighted by molar-refractivity contribution is 7.88. The Bertz CT molecular complexity index is 1040. The number of carbonyl (C=O) groups is 1. The molecule has 11 heteroatoms. The van der Waals surface area contributed by atoms with E-state index in [4.69, 9.17) is 17.3 Å². The number of carbonyl (C=O) groups excluding carboxylic acids is 1. The summed E-state index contributed by atoms with van der Waals surface area (Å²) in [6.45, 7) is 0. The molecule has 1 aromatic heterocycles. The van der Waals surface area contributed by atoms with Crippen LogP contribution in [0.4, 0.5) is 11.5 Å². The summed E-state index contributed by atoms with van der Waals surface area (Å²) in [4.78, 5) is 11.9. The molecule has 2 aromatic rings. The number of hydrogen-bond donors (Lipinski definition) is 3. The molecule has 1 aromatic carbocycles. The number of nitrogens with one attached hydrogen (secondary N) is 2. The van der Waals surface area contributed by atoms with Crippen LogP contribution in [-0.4, -0.2) is 36.4 Å². The number of amides is 1. The van der Waals surface area contributed by atoms with E-state index in [2.05, 4.69) is 21.2 Å². The number of halogens is 1. The molecule has 1 aliphatic rings. The Morgan fingerprint density at radius 1 is 1.34 bits per heavy atom. The normalized spacial score (nSPS) is 22.0. The number of primary amides is 1. The summed E-state index contributed by atoms with van der Waals surface area (Å²) < 4.78 is 27.1. The minimum absolute atomic E-state index is 0.202. The predicted octanol–water partition coefficient (Wildman–Crippen LogP) is 2.16. The molecule has 0 saturated heterocycles. The molecular weight excluding hydrogens is 416 g/mol. The summed E-state index contributed by atoms with van der Waals surface area (Å²) in [5.74, 6) is -0.825. The number of nitrogens with two attached hydrogens (primary N) is 1. The number of anilines is 2. The van der Waals surface area contributed by atoms with Gasteiger partial charge in [0.05, 0.1) is 24.3 Å². The maximum absolute atomic E-state index is 11.9. The molecule has 1 aliphatic carbocycles. The van der Waals surface area contributed by atoms with Crippen molar-refractivity contribution in [3.8, 4) is 6.07 Å². The third kappa shape index (κ3) is 5.26. The number of rotatable bonds is 6. The van der Waals surface area contributed by atoms with Crippen molar-refractivity contribution in [2.45, 2.75) is 31.3 Å². The minimum atomic E-state index is -3.35. The second-order valence-electron chi connectivity index (χ2n) is 7.07. The van der Waals surface area contributed by atoms with E-state index in [9.17, 15) is 18.5 Å². The van der Waals surface area contributed by atoms with Gasteiger partial charge in [0, 0.05) is 22.9 Å². The monoisotopic (exact) mass is 436 g/mol. The number of nitrogens with zero attached hydrogens (tertiary/aromatic N) is 3. The van der Waals surface area contributed by atoms with Crippen LogP contribution in [0, 0.1) is 17.2 Å². The van der Waals surface area contributed by atoms with Gasteiger partial charge in [-0.25, -0.2) is 13.1 Å². The number of benzene rings is 1. The van der Waals surface area contributed by atoms with E-state index in [1.807, 2.05) is 0 Å². The lowest BCUT2D eigenvalue weighted by atomic mass is 9.83. The summed E-state index contributed by atoms with van der Waals surface area (Å²) in [6, 6.07) is 8.52. The molecule has 0 spiro atoms. The van der Waals surface area contributed by atoms with E-state index >= 15 is 0 Å². The predicted molar refractivity (Wildman–Crippen MR) is 109 cm³/mol. The molecule has 154 valence electrons. The fourth-order valence-electron chi connectivity index (χ4n) is 3.52. The number of hydrogen-bond acceptors (Lipinski definition) is 6. The zero-order valence-electron chi connectivity index (χ0n) is 15.7. The van der Waals surface area contributed by atoms with Gasteiger partial charge >= 0.3 is 0 Å². The van der Waals surface area contributed by atoms with Crippen LogP contribution in [0.1, 0.15) is 35.7 Å². The van der Waals surface area contributed by atoms with E-state index < -0.39 is 21.8 Å². The van der Waals surface area contributed by atoms with Gasteiger partial charge < -0.3 is 11.1 Å². The molecule has 1 amide bonds. The van der Waals surface area contributed by atoms with Crippen LogP contribution in [0.25, 0.3) is 0 Å². The Kier molecular flexibility index (Phi) is 6.12. The van der Waals surface area contributed by atoms with Crippen LogP contribution in [0.15, 0.2) is 30.5 Å². The standard InChI is InChI=1S/C18H21ClN6O3S/c1-29(27,28)24-14-6-7-16(11(8-14)9-20)25-10-15(17(21)26)18(23-25)22-13-4-2-12(19)3-5-13/h2-5,10-11,14,16,24H,6-8H2,1H3,(H2,21,26)(H,22,23)/t11-,14-,16+/m1/s1. The SMILES string of the molecule is CS(=O)(=O)N[C@@H]1CC[C@H](n2cc(C(N)=O)c(Nc3ccc(Cl)cc3)n2)[C@@H](C#N)C1. The molecule has 0 unspecified atom stereocenters. The van der Waals surface area contributed by atoms with E-state index in [-0.39, 0.29) is 23.5 Å². The van der Waals surface area contributed by atoms with Gasteiger partial charge in [-0.15, -0.1) is 0 Å². The van der Waals surface area contributed by atoms with Gasteiger partial charge in [0.25, 0.3) is 5.91 Å². The zero-order valence-corrected chi connectivity index (χ0v) is 17.2. The number of nitriles is 1. The summed E-state index contributed by atoms with van der Waals surface area (Å²) in [5.41, 5.74) is 6.38. The third-order valence-electron chi connectivity index (χ3n) is 4.80. The smallest absolute Gasteiger partial charge is 0.254 e. The summed E-state index contributed by atoms with van der Waals surface area (Å²) in [6.07, 6.45) is 4.08. The highest BCUT2D eigenvalue weighted by Crippen LogP contribution is 2.35. The molecule has 0 aliphatic heterocycles. The molecule has 9 nitrogen and oxygen atoms in total. The first-order valence-corrected chi connectivity index (χ1v) is 11.2. The topological polar surface area (TPSA) is 143 Å². The second-order valence-corrected chi connectivity index (χ2v) is 9.29. The van der Waals surface area contributed by atoms with Crippen molar-refractivity contribution in [1.29, 1.82) is 5.26 Å². The first-order chi connectivity index (χ1) is 13.7. The second kappa shape index (κ2) is 8.41. The van der Waals surface area contributed by atoms with Gasteiger partial charge in [0.1, 0.15) is 5.56 Å². The lowest BCUT2D eigenvalue weighted by Crippen LogP contribution is -2.40. The average molecular weight is 437 g/mol. The molecule has 1 heterocycles. The van der Waals surface area contributed by atoms with Crippen molar-refractivity contribution in [3.63, 3.8) is 0 Å². The van der Waals surface area contributed by atoms with Crippen LogP contribution in [0.2, 0.25) is 5.02 Å². The van der Waals surface area contributed by atoms with Crippen LogP contribution in [0.5, 0.6) is 0 Å². The van der Waals surface area contributed by atoms with E-state index in [1.54, 1.807) is 28.9 Å². The fourth-order valence-corrected chi connectivity index (χ4v) is 4.47. The number of sulfonamides is 1. The van der Waals surface area contributed by atoms with Crippen molar-refractivity contribution >= 4 is 39.0 Å². The zero-order chi connectivity index (χ0) is 21.2. The van der Waals surface area contributed by atoms with Crippen molar-refractivity contribution < 1.29 is 13.2 Å². The average Bonchev–Trinajstić information content (AvgIpc) is 3.06. The fraction of sp³-hybridized carbons (Fsp3) is 0.389. The number of aromatic nitrogens is 2. The molecule has 1 saturated carbocycles. The highest BCUT2D eigenvalue weighted by Gasteiger charge is 2.34. The van der Waals surface area contributed by atoms with Gasteiger partial charge in [0.2, 0.25) is 10.0 Å². The van der Waals surface area contributed by atoms with Crippen molar-refractivity contribution in [3.05, 3.63) is 41.0 Å². The Morgan fingerprint density at radius 2 is 2.03 bits per heavy atom. The third-order valence-corrected chi connectivity index (χ3v) is 5.82. The van der Waals surface area contributed by atoms with Gasteiger partial charge in [-0.05, 0) is 43.5 Å². The van der Waals surface area contributed by atoms with Crippen LogP contribution < -0.4 is 15.8 Å². The van der Waals surface area contributed by atoms with Gasteiger partial charge in [-0.2, -0.15) is 10.4 Å². The van der Waals surface area contributed by atoms with E-state index in [1.165, 1.54) is 6.20 Å². The van der Waals surface area contributed by atoms with Gasteiger partial charge in [-0.3, -0.25) is 9.48 Å². The maximum Gasteiger partial charge on any atom is 0.254 e. The lowest BCUT2D eigenvalue weighted by molar-refractivity contribution is 0.100. The quantitative estimate of drug-likeness (QED) is 0.633. The van der Waals surface area contributed by atoms with Crippen LogP contribution in [0.3, 0.4) is 0 Å². The first kappa shape index (κ1) is 21.1. The molecule has 3 atom stereocenters. The van der Waals surface area contributed by atoms with Crippen LogP contribution >= 0.6 is 11.6 Å². The molecule has 0 radical (unpaired) electrons. The Balaban J connectivity index is 1.84. The summed E-state index contributed by atoms with van der Waals surface area (Å²) in [7, 11) is -3.35. The van der Waals surface area contributed by atoms with E-state index in [0.29, 0.717) is 30.0 Å². The first-order valence-electron chi connectivity index (χ1n) is 8.94. The molecule has 1 fully saturated rings. The molecule has 3 rings (SSSR count).